The average molecular weight is 368 g/mol. The maximum Gasteiger partial charge on any atom is 0.267 e. The highest BCUT2D eigenvalue weighted by Crippen LogP contribution is 2.39. The van der Waals surface area contributed by atoms with E-state index in [4.69, 9.17) is 10.5 Å². The first-order valence-corrected chi connectivity index (χ1v) is 6.85. The Labute approximate surface area is 131 Å². The number of nitrogens with one attached hydrogen (secondary N) is 1. The van der Waals surface area contributed by atoms with E-state index < -0.39 is 17.5 Å². The largest absolute Gasteiger partial charge is 0.453 e. The number of hydrogen-bond acceptors (Lipinski definition) is 3. The number of H-pyrrole nitrogens is 1. The topological polar surface area (TPSA) is 81.0 Å². The number of aromatic amines is 1. The molecule has 0 unspecified atom stereocenters. The maximum absolute atomic E-state index is 14.2. The van der Waals surface area contributed by atoms with Crippen molar-refractivity contribution in [1.29, 1.82) is 0 Å². The monoisotopic (exact) mass is 367 g/mol. The van der Waals surface area contributed by atoms with Crippen LogP contribution in [0.1, 0.15) is 10.5 Å². The van der Waals surface area contributed by atoms with Gasteiger partial charge in [-0.2, -0.15) is 4.39 Å². The summed E-state index contributed by atoms with van der Waals surface area (Å²) in [6.07, 6.45) is 2.77. The second kappa shape index (κ2) is 5.38. The molecule has 0 saturated heterocycles. The van der Waals surface area contributed by atoms with Gasteiger partial charge in [-0.3, -0.25) is 9.78 Å². The Balaban J connectivity index is 2.11. The lowest BCUT2D eigenvalue weighted by atomic mass is 10.2. The number of primary amides is 1. The van der Waals surface area contributed by atoms with Crippen LogP contribution in [0.3, 0.4) is 0 Å². The number of nitrogens with zero attached hydrogens (tertiary/aromatic N) is 1. The highest BCUT2D eigenvalue weighted by Gasteiger charge is 2.21. The molecule has 5 nitrogen and oxygen atoms in total. The number of carbonyl (C=O) groups is 1. The fourth-order valence-corrected chi connectivity index (χ4v) is 2.56. The lowest BCUT2D eigenvalue weighted by Crippen LogP contribution is -2.12. The fourth-order valence-electron chi connectivity index (χ4n) is 1.98. The second-order valence-corrected chi connectivity index (χ2v) is 5.17. The molecule has 0 atom stereocenters. The van der Waals surface area contributed by atoms with Crippen LogP contribution in [0, 0.1) is 11.6 Å². The van der Waals surface area contributed by atoms with E-state index >= 15 is 0 Å². The van der Waals surface area contributed by atoms with Crippen LogP contribution < -0.4 is 10.5 Å². The number of fused-ring (bicyclic) bond motifs is 1. The second-order valence-electron chi connectivity index (χ2n) is 4.38. The van der Waals surface area contributed by atoms with Crippen molar-refractivity contribution in [3.05, 3.63) is 52.4 Å². The summed E-state index contributed by atoms with van der Waals surface area (Å²) in [4.78, 5) is 17.4. The number of amides is 1. The van der Waals surface area contributed by atoms with Gasteiger partial charge in [0.2, 0.25) is 5.82 Å². The number of hydrogen-bond donors (Lipinski definition) is 2. The molecule has 0 spiro atoms. The molecule has 0 bridgehead atoms. The zero-order chi connectivity index (χ0) is 15.9. The lowest BCUT2D eigenvalue weighted by Gasteiger charge is -2.11. The number of halogens is 3. The molecule has 0 aliphatic rings. The van der Waals surface area contributed by atoms with Crippen molar-refractivity contribution in [1.82, 2.24) is 9.97 Å². The highest BCUT2D eigenvalue weighted by molar-refractivity contribution is 9.10. The van der Waals surface area contributed by atoms with Crippen molar-refractivity contribution >= 4 is 32.7 Å². The quantitative estimate of drug-likeness (QED) is 0.695. The van der Waals surface area contributed by atoms with Gasteiger partial charge < -0.3 is 15.5 Å². The summed E-state index contributed by atoms with van der Waals surface area (Å²) in [5.41, 5.74) is 5.10. The average Bonchev–Trinajstić information content (AvgIpc) is 2.99. The summed E-state index contributed by atoms with van der Waals surface area (Å²) in [7, 11) is 0. The Bertz CT molecular complexity index is 895. The molecule has 112 valence electrons. The van der Waals surface area contributed by atoms with Crippen LogP contribution in [-0.4, -0.2) is 15.9 Å². The predicted molar refractivity (Wildman–Crippen MR) is 78.7 cm³/mol. The van der Waals surface area contributed by atoms with Gasteiger partial charge in [0.25, 0.3) is 5.91 Å². The maximum atomic E-state index is 14.2. The molecule has 3 rings (SSSR count). The highest BCUT2D eigenvalue weighted by atomic mass is 79.9. The molecule has 0 aliphatic heterocycles. The van der Waals surface area contributed by atoms with Crippen molar-refractivity contribution in [3.63, 3.8) is 0 Å². The van der Waals surface area contributed by atoms with Crippen molar-refractivity contribution in [2.75, 3.05) is 0 Å². The Morgan fingerprint density at radius 2 is 2.09 bits per heavy atom. The normalized spacial score (nSPS) is 10.9. The summed E-state index contributed by atoms with van der Waals surface area (Å²) in [6.45, 7) is 0. The molecular weight excluding hydrogens is 360 g/mol. The number of benzene rings is 1. The van der Waals surface area contributed by atoms with Gasteiger partial charge in [0.15, 0.2) is 11.6 Å². The molecule has 22 heavy (non-hydrogen) atoms. The molecule has 2 heterocycles. The SMILES string of the molecule is NC(=O)c1cc(Oc2c(F)c(F)c3[nH]ccc3c2Br)ccn1. The minimum absolute atomic E-state index is 0.0317. The minimum atomic E-state index is -1.15. The van der Waals surface area contributed by atoms with Crippen molar-refractivity contribution in [2.24, 2.45) is 5.73 Å². The van der Waals surface area contributed by atoms with Crippen LogP contribution in [0.15, 0.2) is 35.1 Å². The van der Waals surface area contributed by atoms with Gasteiger partial charge in [0.1, 0.15) is 11.4 Å². The Kier molecular flexibility index (Phi) is 3.53. The van der Waals surface area contributed by atoms with E-state index in [1.54, 1.807) is 6.07 Å². The number of rotatable bonds is 3. The van der Waals surface area contributed by atoms with Crippen molar-refractivity contribution < 1.29 is 18.3 Å². The third-order valence-corrected chi connectivity index (χ3v) is 3.79. The summed E-state index contributed by atoms with van der Waals surface area (Å²) in [5, 5.41) is 0.429. The molecule has 0 aliphatic carbocycles. The zero-order valence-corrected chi connectivity index (χ0v) is 12.4. The Hall–Kier alpha value is -2.48. The summed E-state index contributed by atoms with van der Waals surface area (Å²) >= 11 is 3.19. The van der Waals surface area contributed by atoms with Gasteiger partial charge in [-0.05, 0) is 28.1 Å². The van der Waals surface area contributed by atoms with Crippen LogP contribution >= 0.6 is 15.9 Å². The van der Waals surface area contributed by atoms with Gasteiger partial charge in [-0.15, -0.1) is 0 Å². The first-order valence-electron chi connectivity index (χ1n) is 6.06. The zero-order valence-electron chi connectivity index (χ0n) is 10.9. The summed E-state index contributed by atoms with van der Waals surface area (Å²) in [5.74, 6) is -3.18. The number of nitrogens with two attached hydrogens (primary N) is 1. The fraction of sp³-hybridized carbons (Fsp3) is 0. The molecule has 0 fully saturated rings. The van der Waals surface area contributed by atoms with E-state index in [2.05, 4.69) is 25.9 Å². The molecule has 1 amide bonds. The predicted octanol–water partition coefficient (Wildman–Crippen LogP) is 3.49. The van der Waals surface area contributed by atoms with E-state index in [0.29, 0.717) is 5.39 Å². The third kappa shape index (κ3) is 2.31. The van der Waals surface area contributed by atoms with Crippen molar-refractivity contribution in [3.8, 4) is 11.5 Å². The van der Waals surface area contributed by atoms with Crippen LogP contribution in [-0.2, 0) is 0 Å². The smallest absolute Gasteiger partial charge is 0.267 e. The number of carbonyl (C=O) groups excluding carboxylic acids is 1. The van der Waals surface area contributed by atoms with Crippen LogP contribution in [0.2, 0.25) is 0 Å². The Morgan fingerprint density at radius 3 is 2.82 bits per heavy atom. The van der Waals surface area contributed by atoms with E-state index in [9.17, 15) is 13.6 Å². The van der Waals surface area contributed by atoms with Crippen LogP contribution in [0.5, 0.6) is 11.5 Å². The number of pyridine rings is 1. The van der Waals surface area contributed by atoms with Crippen LogP contribution in [0.4, 0.5) is 8.78 Å². The van der Waals surface area contributed by atoms with E-state index in [1.165, 1.54) is 24.5 Å². The number of ether oxygens (including phenoxy) is 1. The third-order valence-electron chi connectivity index (χ3n) is 3.00. The van der Waals surface area contributed by atoms with E-state index in [0.717, 1.165) is 0 Å². The van der Waals surface area contributed by atoms with Crippen LogP contribution in [0.25, 0.3) is 10.9 Å². The van der Waals surface area contributed by atoms with E-state index in [1.807, 2.05) is 0 Å². The molecule has 0 saturated carbocycles. The lowest BCUT2D eigenvalue weighted by molar-refractivity contribution is 0.0995. The van der Waals surface area contributed by atoms with Gasteiger partial charge in [-0.25, -0.2) is 4.39 Å². The first kappa shape index (κ1) is 14.5. The molecule has 3 N–H and O–H groups in total. The van der Waals surface area contributed by atoms with Crippen molar-refractivity contribution in [2.45, 2.75) is 0 Å². The summed E-state index contributed by atoms with van der Waals surface area (Å²) < 4.78 is 33.8. The molecule has 1 aromatic carbocycles. The molecule has 3 aromatic rings. The van der Waals surface area contributed by atoms with Gasteiger partial charge in [0.05, 0.1) is 9.99 Å². The molecule has 8 heteroatoms. The van der Waals surface area contributed by atoms with Gasteiger partial charge in [-0.1, -0.05) is 0 Å². The Morgan fingerprint density at radius 1 is 1.32 bits per heavy atom. The summed E-state index contributed by atoms with van der Waals surface area (Å²) in [6, 6.07) is 4.22. The van der Waals surface area contributed by atoms with E-state index in [-0.39, 0.29) is 27.2 Å². The standard InChI is InChI=1S/C14H8BrF2N3O2/c15-9-7-2-4-20-12(7)10(16)11(17)13(9)22-6-1-3-19-8(5-6)14(18)21/h1-5,20H,(H2,18,21). The molecular formula is C14H8BrF2N3O2. The van der Waals surface area contributed by atoms with Gasteiger partial charge >= 0.3 is 0 Å². The number of aromatic nitrogens is 2. The minimum Gasteiger partial charge on any atom is -0.453 e. The van der Waals surface area contributed by atoms with Gasteiger partial charge in [0, 0.05) is 23.8 Å². The molecule has 0 radical (unpaired) electrons. The molecule has 2 aromatic heterocycles. The first-order chi connectivity index (χ1) is 10.5.